The molecule has 31 heavy (non-hydrogen) atoms. The molecule has 1 aromatic carbocycles. The van der Waals surface area contributed by atoms with Crippen molar-refractivity contribution in [2.45, 2.75) is 76.2 Å². The second-order valence-corrected chi connectivity index (χ2v) is 9.14. The van der Waals surface area contributed by atoms with E-state index < -0.39 is 17.8 Å². The van der Waals surface area contributed by atoms with Crippen molar-refractivity contribution < 1.29 is 27.5 Å². The van der Waals surface area contributed by atoms with E-state index in [1.807, 2.05) is 0 Å². The molecule has 4 atom stereocenters. The number of nitrogens with zero attached hydrogens (tertiary/aromatic N) is 1. The van der Waals surface area contributed by atoms with Crippen LogP contribution >= 0.6 is 0 Å². The van der Waals surface area contributed by atoms with Crippen molar-refractivity contribution in [1.29, 1.82) is 0 Å². The molecule has 0 radical (unpaired) electrons. The Kier molecular flexibility index (Phi) is 5.92. The first-order valence-electron chi connectivity index (χ1n) is 11.1. The zero-order valence-corrected chi connectivity index (χ0v) is 17.7. The van der Waals surface area contributed by atoms with E-state index >= 15 is 0 Å². The molecule has 2 heterocycles. The minimum Gasteiger partial charge on any atom is -0.446 e. The molecular formula is C23H29F3N2O3. The lowest BCUT2D eigenvalue weighted by molar-refractivity contribution is -0.140. The lowest BCUT2D eigenvalue weighted by Gasteiger charge is -2.51. The Bertz CT molecular complexity index is 826. The maximum atomic E-state index is 12.7. The van der Waals surface area contributed by atoms with E-state index in [9.17, 15) is 22.8 Å². The van der Waals surface area contributed by atoms with Gasteiger partial charge in [0, 0.05) is 25.0 Å². The Morgan fingerprint density at radius 1 is 1.19 bits per heavy atom. The Balaban J connectivity index is 1.35. The van der Waals surface area contributed by atoms with Crippen LogP contribution in [0, 0.1) is 11.8 Å². The number of halogens is 3. The smallest absolute Gasteiger partial charge is 0.416 e. The molecule has 3 aliphatic rings. The molecule has 0 bridgehead atoms. The van der Waals surface area contributed by atoms with Gasteiger partial charge in [-0.3, -0.25) is 4.79 Å². The molecule has 170 valence electrons. The quantitative estimate of drug-likeness (QED) is 0.731. The van der Waals surface area contributed by atoms with E-state index in [-0.39, 0.29) is 30.0 Å². The van der Waals surface area contributed by atoms with Crippen molar-refractivity contribution in [3.8, 4) is 0 Å². The Morgan fingerprint density at radius 2 is 1.94 bits per heavy atom. The third-order valence-electron chi connectivity index (χ3n) is 7.49. The summed E-state index contributed by atoms with van der Waals surface area (Å²) in [5.41, 5.74) is -0.222. The summed E-state index contributed by atoms with van der Waals surface area (Å²) in [6.07, 6.45) is 0.921. The van der Waals surface area contributed by atoms with Gasteiger partial charge in [-0.15, -0.1) is 0 Å². The number of alkyl carbamates (subject to hydrolysis) is 1. The van der Waals surface area contributed by atoms with Gasteiger partial charge in [-0.25, -0.2) is 4.79 Å². The van der Waals surface area contributed by atoms with E-state index in [4.69, 9.17) is 4.74 Å². The van der Waals surface area contributed by atoms with Crippen LogP contribution in [-0.4, -0.2) is 35.1 Å². The number of benzene rings is 1. The minimum absolute atomic E-state index is 0.0798. The van der Waals surface area contributed by atoms with E-state index in [0.717, 1.165) is 57.2 Å². The van der Waals surface area contributed by atoms with Gasteiger partial charge in [0.1, 0.15) is 6.10 Å². The average Bonchev–Trinajstić information content (AvgIpc) is 3.09. The number of hydrogen-bond acceptors (Lipinski definition) is 3. The van der Waals surface area contributed by atoms with Gasteiger partial charge in [-0.1, -0.05) is 19.1 Å². The standard InChI is InChI=1S/C23H29F3N2O3/c1-15-18-4-2-5-20(29)28-13-3-11-22(18,28)12-10-19(15)31-21(30)27-14-16-6-8-17(9-7-16)23(24,25)26/h6-9,15,18-19H,2-5,10-14H2,1H3,(H,27,30)/t15-,18+,19+,22-/m1/s1. The largest absolute Gasteiger partial charge is 0.446 e. The first-order chi connectivity index (χ1) is 14.7. The first-order valence-corrected chi connectivity index (χ1v) is 11.1. The van der Waals surface area contributed by atoms with Crippen LogP contribution < -0.4 is 5.32 Å². The van der Waals surface area contributed by atoms with Gasteiger partial charge >= 0.3 is 12.3 Å². The van der Waals surface area contributed by atoms with Crippen molar-refractivity contribution in [1.82, 2.24) is 10.2 Å². The highest BCUT2D eigenvalue weighted by atomic mass is 19.4. The van der Waals surface area contributed by atoms with Gasteiger partial charge < -0.3 is 15.0 Å². The molecule has 0 aromatic heterocycles. The fourth-order valence-electron chi connectivity index (χ4n) is 5.98. The number of carbonyl (C=O) groups is 2. The molecule has 1 aliphatic carbocycles. The fraction of sp³-hybridized carbons (Fsp3) is 0.652. The predicted molar refractivity (Wildman–Crippen MR) is 108 cm³/mol. The van der Waals surface area contributed by atoms with Crippen LogP contribution in [0.4, 0.5) is 18.0 Å². The van der Waals surface area contributed by atoms with E-state index in [1.54, 1.807) is 0 Å². The summed E-state index contributed by atoms with van der Waals surface area (Å²) in [6.45, 7) is 3.06. The molecule has 0 unspecified atom stereocenters. The van der Waals surface area contributed by atoms with Crippen LogP contribution in [0.1, 0.15) is 63.0 Å². The van der Waals surface area contributed by atoms with Gasteiger partial charge in [-0.2, -0.15) is 13.2 Å². The van der Waals surface area contributed by atoms with Crippen LogP contribution in [0.5, 0.6) is 0 Å². The van der Waals surface area contributed by atoms with Crippen LogP contribution in [0.15, 0.2) is 24.3 Å². The van der Waals surface area contributed by atoms with E-state index in [1.165, 1.54) is 12.1 Å². The summed E-state index contributed by atoms with van der Waals surface area (Å²) in [6, 6.07) is 4.72. The highest BCUT2D eigenvalue weighted by Crippen LogP contribution is 2.52. The van der Waals surface area contributed by atoms with E-state index in [0.29, 0.717) is 17.9 Å². The number of amides is 2. The molecule has 4 rings (SSSR count). The van der Waals surface area contributed by atoms with Crippen molar-refractivity contribution >= 4 is 12.0 Å². The van der Waals surface area contributed by atoms with Crippen molar-refractivity contribution in [3.63, 3.8) is 0 Å². The number of carbonyl (C=O) groups excluding carboxylic acids is 2. The summed E-state index contributed by atoms with van der Waals surface area (Å²) in [7, 11) is 0. The molecule has 1 N–H and O–H groups in total. The van der Waals surface area contributed by atoms with Gasteiger partial charge in [0.25, 0.3) is 0 Å². The lowest BCUT2D eigenvalue weighted by Crippen LogP contribution is -2.58. The number of alkyl halides is 3. The molecule has 3 fully saturated rings. The summed E-state index contributed by atoms with van der Waals surface area (Å²) in [4.78, 5) is 27.1. The Morgan fingerprint density at radius 3 is 2.65 bits per heavy atom. The Labute approximate surface area is 180 Å². The highest BCUT2D eigenvalue weighted by molar-refractivity contribution is 5.78. The summed E-state index contributed by atoms with van der Waals surface area (Å²) >= 11 is 0. The van der Waals surface area contributed by atoms with Crippen LogP contribution in [-0.2, 0) is 22.3 Å². The molecule has 1 aromatic rings. The zero-order chi connectivity index (χ0) is 22.2. The highest BCUT2D eigenvalue weighted by Gasteiger charge is 2.55. The van der Waals surface area contributed by atoms with Gasteiger partial charge in [0.05, 0.1) is 5.56 Å². The maximum Gasteiger partial charge on any atom is 0.416 e. The third-order valence-corrected chi connectivity index (χ3v) is 7.49. The van der Waals surface area contributed by atoms with E-state index in [2.05, 4.69) is 17.1 Å². The maximum absolute atomic E-state index is 12.7. The molecule has 2 saturated heterocycles. The van der Waals surface area contributed by atoms with Crippen LogP contribution in [0.2, 0.25) is 0 Å². The molecule has 1 spiro atoms. The second kappa shape index (κ2) is 8.36. The number of nitrogens with one attached hydrogen (secondary N) is 1. The SMILES string of the molecule is C[C@H]1[C@@H](OC(=O)NCc2ccc(C(F)(F)F)cc2)CC[C@@]23CCCN2C(=O)CCC[C@@H]13. The minimum atomic E-state index is -4.38. The fourth-order valence-corrected chi connectivity index (χ4v) is 5.98. The molecular weight excluding hydrogens is 409 g/mol. The van der Waals surface area contributed by atoms with Gasteiger partial charge in [-0.05, 0) is 68.1 Å². The van der Waals surface area contributed by atoms with Crippen molar-refractivity contribution in [2.24, 2.45) is 11.8 Å². The second-order valence-electron chi connectivity index (χ2n) is 9.14. The van der Waals surface area contributed by atoms with Crippen LogP contribution in [0.25, 0.3) is 0 Å². The zero-order valence-electron chi connectivity index (χ0n) is 17.7. The average molecular weight is 438 g/mol. The normalized spacial score (nSPS) is 30.9. The van der Waals surface area contributed by atoms with Crippen molar-refractivity contribution in [2.75, 3.05) is 6.54 Å². The predicted octanol–water partition coefficient (Wildman–Crippen LogP) is 4.89. The van der Waals surface area contributed by atoms with Crippen molar-refractivity contribution in [3.05, 3.63) is 35.4 Å². The molecule has 1 saturated carbocycles. The summed E-state index contributed by atoms with van der Waals surface area (Å²) < 4.78 is 43.7. The van der Waals surface area contributed by atoms with Gasteiger partial charge in [0.2, 0.25) is 5.91 Å². The molecule has 2 amide bonds. The summed E-state index contributed by atoms with van der Waals surface area (Å²) in [5, 5.41) is 2.65. The first kappa shape index (κ1) is 22.0. The lowest BCUT2D eigenvalue weighted by atomic mass is 9.64. The molecule has 8 heteroatoms. The number of ether oxygens (including phenoxy) is 1. The summed E-state index contributed by atoms with van der Waals surface area (Å²) in [5.74, 6) is 0.737. The topological polar surface area (TPSA) is 58.6 Å². The number of rotatable bonds is 3. The molecule has 5 nitrogen and oxygen atoms in total. The van der Waals surface area contributed by atoms with Gasteiger partial charge in [0.15, 0.2) is 0 Å². The molecule has 2 aliphatic heterocycles. The van der Waals surface area contributed by atoms with Crippen LogP contribution in [0.3, 0.4) is 0 Å². The Hall–Kier alpha value is -2.25. The third kappa shape index (κ3) is 4.26. The monoisotopic (exact) mass is 438 g/mol. The number of hydrogen-bond donors (Lipinski definition) is 1.